The number of carbonyl (C=O) groups excluding carboxylic acids is 1. The number of hydrogen-bond acceptors (Lipinski definition) is 4. The highest BCUT2D eigenvalue weighted by atomic mass is 35.5. The van der Waals surface area contributed by atoms with Crippen molar-refractivity contribution in [1.29, 1.82) is 0 Å². The Kier molecular flexibility index (Phi) is 4.37. The molecule has 1 N–H and O–H groups in total. The molecule has 0 spiro atoms. The number of rotatable bonds is 3. The molecule has 0 aliphatic carbocycles. The quantitative estimate of drug-likeness (QED) is 0.545. The number of ether oxygens (including phenoxy) is 1. The summed E-state index contributed by atoms with van der Waals surface area (Å²) in [6.07, 6.45) is 0. The average Bonchev–Trinajstić information content (AvgIpc) is 3.12. The molecule has 2 heterocycles. The standard InChI is InChI=1S/C20H15ClN2O3S/c1-23-15-9-11(21)7-8-12(15)18-13(20(23)25)10-17(27-18)19(24)22-14-5-3-4-6-16(14)26-2/h3-10H,1-2H3,(H,22,24). The topological polar surface area (TPSA) is 60.3 Å². The molecule has 0 aliphatic heterocycles. The number of fused-ring (bicyclic) bond motifs is 3. The van der Waals surface area contributed by atoms with Crippen LogP contribution in [-0.4, -0.2) is 17.6 Å². The van der Waals surface area contributed by atoms with E-state index < -0.39 is 0 Å². The van der Waals surface area contributed by atoms with Gasteiger partial charge in [-0.15, -0.1) is 11.3 Å². The van der Waals surface area contributed by atoms with Gasteiger partial charge in [0.15, 0.2) is 0 Å². The molecule has 0 unspecified atom stereocenters. The number of nitrogens with one attached hydrogen (secondary N) is 1. The summed E-state index contributed by atoms with van der Waals surface area (Å²) in [5.41, 5.74) is 1.15. The van der Waals surface area contributed by atoms with Crippen LogP contribution in [-0.2, 0) is 7.05 Å². The fourth-order valence-corrected chi connectivity index (χ4v) is 4.30. The molecular formula is C20H15ClN2O3S. The Morgan fingerprint density at radius 3 is 2.70 bits per heavy atom. The van der Waals surface area contributed by atoms with Gasteiger partial charge in [-0.25, -0.2) is 0 Å². The summed E-state index contributed by atoms with van der Waals surface area (Å²) < 4.78 is 7.59. The first-order valence-corrected chi connectivity index (χ1v) is 9.35. The maximum absolute atomic E-state index is 12.8. The lowest BCUT2D eigenvalue weighted by Crippen LogP contribution is -2.16. The fourth-order valence-electron chi connectivity index (χ4n) is 3.06. The van der Waals surface area contributed by atoms with Crippen molar-refractivity contribution >= 4 is 55.5 Å². The summed E-state index contributed by atoms with van der Waals surface area (Å²) in [5, 5.41) is 4.81. The van der Waals surface area contributed by atoms with Gasteiger partial charge in [0.05, 0.1) is 28.6 Å². The van der Waals surface area contributed by atoms with Crippen molar-refractivity contribution in [3.63, 3.8) is 0 Å². The van der Waals surface area contributed by atoms with Gasteiger partial charge in [-0.2, -0.15) is 0 Å². The number of nitrogens with zero attached hydrogens (tertiary/aromatic N) is 1. The number of benzene rings is 2. The molecule has 0 aliphatic rings. The van der Waals surface area contributed by atoms with Crippen molar-refractivity contribution in [3.8, 4) is 5.75 Å². The number of anilines is 1. The van der Waals surface area contributed by atoms with Crippen LogP contribution in [0.4, 0.5) is 5.69 Å². The van der Waals surface area contributed by atoms with Gasteiger partial charge in [-0.05, 0) is 36.4 Å². The van der Waals surface area contributed by atoms with Crippen LogP contribution in [0.1, 0.15) is 9.67 Å². The molecule has 136 valence electrons. The van der Waals surface area contributed by atoms with Crippen molar-refractivity contribution in [2.45, 2.75) is 0 Å². The molecule has 1 amide bonds. The van der Waals surface area contributed by atoms with Gasteiger partial charge < -0.3 is 14.6 Å². The summed E-state index contributed by atoms with van der Waals surface area (Å²) >= 11 is 7.37. The maximum atomic E-state index is 12.8. The largest absolute Gasteiger partial charge is 0.495 e. The molecule has 2 aromatic carbocycles. The number of para-hydroxylation sites is 2. The fraction of sp³-hybridized carbons (Fsp3) is 0.100. The van der Waals surface area contributed by atoms with E-state index in [0.29, 0.717) is 26.7 Å². The van der Waals surface area contributed by atoms with Crippen LogP contribution in [0.2, 0.25) is 5.02 Å². The highest BCUT2D eigenvalue weighted by Gasteiger charge is 2.17. The minimum atomic E-state index is -0.287. The Morgan fingerprint density at radius 2 is 1.93 bits per heavy atom. The number of amides is 1. The third kappa shape index (κ3) is 2.97. The molecule has 0 bridgehead atoms. The smallest absolute Gasteiger partial charge is 0.265 e. The molecule has 4 rings (SSSR count). The van der Waals surface area contributed by atoms with Gasteiger partial charge >= 0.3 is 0 Å². The van der Waals surface area contributed by atoms with E-state index in [2.05, 4.69) is 5.32 Å². The Morgan fingerprint density at radius 1 is 1.15 bits per heavy atom. The predicted molar refractivity (Wildman–Crippen MR) is 111 cm³/mol. The zero-order chi connectivity index (χ0) is 19.1. The van der Waals surface area contributed by atoms with E-state index in [9.17, 15) is 9.59 Å². The van der Waals surface area contributed by atoms with Crippen molar-refractivity contribution in [3.05, 3.63) is 68.8 Å². The van der Waals surface area contributed by atoms with Gasteiger partial charge in [-0.3, -0.25) is 9.59 Å². The number of halogens is 1. The van der Waals surface area contributed by atoms with Crippen LogP contribution in [0.25, 0.3) is 21.0 Å². The molecule has 0 saturated carbocycles. The normalized spacial score (nSPS) is 11.1. The third-order valence-electron chi connectivity index (χ3n) is 4.41. The Labute approximate surface area is 163 Å². The van der Waals surface area contributed by atoms with Gasteiger partial charge in [0.25, 0.3) is 11.5 Å². The minimum absolute atomic E-state index is 0.160. The van der Waals surface area contributed by atoms with E-state index in [1.54, 1.807) is 49.1 Å². The van der Waals surface area contributed by atoms with E-state index in [4.69, 9.17) is 16.3 Å². The first-order valence-electron chi connectivity index (χ1n) is 8.16. The number of pyridine rings is 1. The highest BCUT2D eigenvalue weighted by Crippen LogP contribution is 2.32. The van der Waals surface area contributed by atoms with Crippen LogP contribution in [0, 0.1) is 0 Å². The first kappa shape index (κ1) is 17.6. The second kappa shape index (κ2) is 6.72. The average molecular weight is 399 g/mol. The number of aromatic nitrogens is 1. The number of aryl methyl sites for hydroxylation is 1. The number of carbonyl (C=O) groups is 1. The molecular weight excluding hydrogens is 384 g/mol. The van der Waals surface area contributed by atoms with E-state index in [-0.39, 0.29) is 11.5 Å². The van der Waals surface area contributed by atoms with Gasteiger partial charge in [0.1, 0.15) is 5.75 Å². The molecule has 5 nitrogen and oxygen atoms in total. The molecule has 0 fully saturated rings. The summed E-state index contributed by atoms with van der Waals surface area (Å²) in [5.74, 6) is 0.285. The number of methoxy groups -OCH3 is 1. The van der Waals surface area contributed by atoms with E-state index in [1.165, 1.54) is 11.3 Å². The summed E-state index contributed by atoms with van der Waals surface area (Å²) in [6, 6.07) is 14.2. The van der Waals surface area contributed by atoms with Crippen LogP contribution >= 0.6 is 22.9 Å². The van der Waals surface area contributed by atoms with Crippen molar-refractivity contribution < 1.29 is 9.53 Å². The van der Waals surface area contributed by atoms with Gasteiger partial charge in [-0.1, -0.05) is 23.7 Å². The highest BCUT2D eigenvalue weighted by molar-refractivity contribution is 7.21. The molecule has 4 aromatic rings. The van der Waals surface area contributed by atoms with E-state index >= 15 is 0 Å². The molecule has 2 aromatic heterocycles. The van der Waals surface area contributed by atoms with Crippen LogP contribution in [0.15, 0.2) is 53.3 Å². The Balaban J connectivity index is 1.84. The SMILES string of the molecule is COc1ccccc1NC(=O)c1cc2c(=O)n(C)c3cc(Cl)ccc3c2s1. The molecule has 0 saturated heterocycles. The monoisotopic (exact) mass is 398 g/mol. The van der Waals surface area contributed by atoms with Crippen molar-refractivity contribution in [2.75, 3.05) is 12.4 Å². The minimum Gasteiger partial charge on any atom is -0.495 e. The number of thiophene rings is 1. The van der Waals surface area contributed by atoms with Gasteiger partial charge in [0.2, 0.25) is 0 Å². The lowest BCUT2D eigenvalue weighted by Gasteiger charge is -2.08. The van der Waals surface area contributed by atoms with Crippen molar-refractivity contribution in [1.82, 2.24) is 4.57 Å². The van der Waals surface area contributed by atoms with Crippen molar-refractivity contribution in [2.24, 2.45) is 7.05 Å². The second-order valence-corrected chi connectivity index (χ2v) is 7.52. The summed E-state index contributed by atoms with van der Waals surface area (Å²) in [7, 11) is 3.25. The van der Waals surface area contributed by atoms with E-state index in [0.717, 1.165) is 15.6 Å². The lowest BCUT2D eigenvalue weighted by molar-refractivity contribution is 0.103. The Hall–Kier alpha value is -2.83. The van der Waals surface area contributed by atoms with Crippen LogP contribution in [0.3, 0.4) is 0 Å². The summed E-state index contributed by atoms with van der Waals surface area (Å²) in [6.45, 7) is 0. The third-order valence-corrected chi connectivity index (χ3v) is 5.81. The second-order valence-electron chi connectivity index (χ2n) is 6.03. The molecule has 7 heteroatoms. The van der Waals surface area contributed by atoms with Crippen LogP contribution < -0.4 is 15.6 Å². The number of hydrogen-bond donors (Lipinski definition) is 1. The zero-order valence-corrected chi connectivity index (χ0v) is 16.1. The molecule has 27 heavy (non-hydrogen) atoms. The van der Waals surface area contributed by atoms with E-state index in [1.807, 2.05) is 18.2 Å². The van der Waals surface area contributed by atoms with Crippen LogP contribution in [0.5, 0.6) is 5.75 Å². The summed E-state index contributed by atoms with van der Waals surface area (Å²) in [4.78, 5) is 25.9. The lowest BCUT2D eigenvalue weighted by atomic mass is 10.1. The first-order chi connectivity index (χ1) is 13.0. The molecule has 0 atom stereocenters. The maximum Gasteiger partial charge on any atom is 0.265 e. The zero-order valence-electron chi connectivity index (χ0n) is 14.6. The van der Waals surface area contributed by atoms with Gasteiger partial charge in [0, 0.05) is 22.2 Å². The molecule has 0 radical (unpaired) electrons. The Bertz CT molecular complexity index is 1260. The predicted octanol–water partition coefficient (Wildman–Crippen LogP) is 4.67.